The van der Waals surface area contributed by atoms with Crippen LogP contribution in [0.4, 0.5) is 0 Å². The predicted octanol–water partition coefficient (Wildman–Crippen LogP) is 3.83. The Hall–Kier alpha value is -2.99. The number of fused-ring (bicyclic) bond motifs is 2. The second-order valence-corrected chi connectivity index (χ2v) is 6.81. The van der Waals surface area contributed by atoms with Gasteiger partial charge in [-0.05, 0) is 37.3 Å². The van der Waals surface area contributed by atoms with Crippen molar-refractivity contribution in [1.29, 1.82) is 0 Å². The number of hydrogen-bond acceptors (Lipinski definition) is 6. The van der Waals surface area contributed by atoms with Crippen molar-refractivity contribution in [3.8, 4) is 5.75 Å². The first-order valence-electron chi connectivity index (χ1n) is 7.94. The molecule has 5 nitrogen and oxygen atoms in total. The van der Waals surface area contributed by atoms with Crippen LogP contribution < -0.4 is 10.2 Å². The number of ether oxygens (including phenoxy) is 2. The van der Waals surface area contributed by atoms with Crippen molar-refractivity contribution in [2.45, 2.75) is 13.3 Å². The van der Waals surface area contributed by atoms with Gasteiger partial charge in [-0.25, -0.2) is 4.79 Å². The zero-order chi connectivity index (χ0) is 18.7. The highest BCUT2D eigenvalue weighted by Gasteiger charge is 2.11. The lowest BCUT2D eigenvalue weighted by atomic mass is 10.2. The molecule has 0 saturated heterocycles. The van der Waals surface area contributed by atoms with Gasteiger partial charge in [0, 0.05) is 25.7 Å². The number of hydrogen-bond donors (Lipinski definition) is 0. The van der Waals surface area contributed by atoms with Gasteiger partial charge in [0.15, 0.2) is 5.43 Å². The van der Waals surface area contributed by atoms with E-state index < -0.39 is 11.9 Å². The molecule has 3 rings (SSSR count). The summed E-state index contributed by atoms with van der Waals surface area (Å²) >= 11 is 1.51. The van der Waals surface area contributed by atoms with Crippen LogP contribution in [0.2, 0.25) is 0 Å². The lowest BCUT2D eigenvalue weighted by Crippen LogP contribution is -2.14. The molecule has 0 radical (unpaired) electrons. The van der Waals surface area contributed by atoms with E-state index in [0.717, 1.165) is 9.40 Å². The fourth-order valence-corrected chi connectivity index (χ4v) is 3.43. The van der Waals surface area contributed by atoms with Crippen LogP contribution in [0.15, 0.2) is 59.4 Å². The minimum absolute atomic E-state index is 0.0817. The molecule has 26 heavy (non-hydrogen) atoms. The molecule has 0 aliphatic rings. The predicted molar refractivity (Wildman–Crippen MR) is 102 cm³/mol. The molecular weight excluding hydrogens is 352 g/mol. The minimum atomic E-state index is -0.548. The molecule has 0 aliphatic carbocycles. The van der Waals surface area contributed by atoms with E-state index in [1.165, 1.54) is 18.3 Å². The highest BCUT2D eigenvalue weighted by Crippen LogP contribution is 2.27. The Morgan fingerprint density at radius 2 is 1.81 bits per heavy atom. The van der Waals surface area contributed by atoms with Crippen LogP contribution >= 0.6 is 11.3 Å². The zero-order valence-corrected chi connectivity index (χ0v) is 14.9. The van der Waals surface area contributed by atoms with Crippen LogP contribution in [0.25, 0.3) is 20.2 Å². The maximum Gasteiger partial charge on any atom is 0.333 e. The molecule has 0 bridgehead atoms. The van der Waals surface area contributed by atoms with Crippen LogP contribution in [0.3, 0.4) is 0 Å². The van der Waals surface area contributed by atoms with Gasteiger partial charge in [-0.3, -0.25) is 9.59 Å². The van der Waals surface area contributed by atoms with Gasteiger partial charge in [0.1, 0.15) is 12.4 Å². The Labute approximate surface area is 153 Å². The maximum atomic E-state index is 12.6. The largest absolute Gasteiger partial charge is 0.462 e. The van der Waals surface area contributed by atoms with Crippen molar-refractivity contribution in [3.05, 3.63) is 64.8 Å². The summed E-state index contributed by atoms with van der Waals surface area (Å²) in [4.78, 5) is 35.8. The molecule has 132 valence electrons. The van der Waals surface area contributed by atoms with Gasteiger partial charge < -0.3 is 9.47 Å². The first-order valence-corrected chi connectivity index (χ1v) is 8.76. The second-order valence-electron chi connectivity index (χ2n) is 5.73. The number of rotatable bonds is 5. The quantitative estimate of drug-likeness (QED) is 0.296. The normalized spacial score (nSPS) is 10.7. The first-order chi connectivity index (χ1) is 12.5. The fraction of sp³-hybridized carbons (Fsp3) is 0.150. The summed E-state index contributed by atoms with van der Waals surface area (Å²) in [6.07, 6.45) is -0.0817. The lowest BCUT2D eigenvalue weighted by molar-refractivity contribution is -0.142. The standard InChI is InChI=1S/C20H16O5S/c1-12(2)20(23)24-10-9-18(21)25-13-7-8-17-15(11-13)19(22)14-5-3-4-6-16(14)26-17/h3-8,11H,1,9-10H2,2H3. The van der Waals surface area contributed by atoms with Gasteiger partial charge in [0.25, 0.3) is 0 Å². The number of carbonyl (C=O) groups excluding carboxylic acids is 2. The molecule has 0 unspecified atom stereocenters. The van der Waals surface area contributed by atoms with Gasteiger partial charge in [0.05, 0.1) is 6.42 Å². The third-order valence-electron chi connectivity index (χ3n) is 3.67. The summed E-state index contributed by atoms with van der Waals surface area (Å²) in [6.45, 7) is 4.90. The van der Waals surface area contributed by atoms with E-state index in [-0.39, 0.29) is 29.8 Å². The third-order valence-corrected chi connectivity index (χ3v) is 4.82. The van der Waals surface area contributed by atoms with Crippen LogP contribution in [0.1, 0.15) is 13.3 Å². The van der Waals surface area contributed by atoms with Crippen molar-refractivity contribution >= 4 is 43.4 Å². The average Bonchev–Trinajstić information content (AvgIpc) is 2.62. The summed E-state index contributed by atoms with van der Waals surface area (Å²) in [6, 6.07) is 12.4. The molecule has 0 N–H and O–H groups in total. The topological polar surface area (TPSA) is 69.7 Å². The smallest absolute Gasteiger partial charge is 0.333 e. The Bertz CT molecular complexity index is 1080. The minimum Gasteiger partial charge on any atom is -0.462 e. The molecule has 0 aliphatic heterocycles. The van der Waals surface area contributed by atoms with E-state index in [1.807, 2.05) is 18.2 Å². The molecule has 1 heterocycles. The molecule has 1 aromatic heterocycles. The van der Waals surface area contributed by atoms with Gasteiger partial charge >= 0.3 is 11.9 Å². The molecule has 6 heteroatoms. The highest BCUT2D eigenvalue weighted by atomic mass is 32.1. The fourth-order valence-electron chi connectivity index (χ4n) is 2.38. The number of carbonyl (C=O) groups is 2. The third kappa shape index (κ3) is 3.81. The van der Waals surface area contributed by atoms with Crippen LogP contribution in [0.5, 0.6) is 5.75 Å². The summed E-state index contributed by atoms with van der Waals surface area (Å²) in [5, 5.41) is 1.15. The van der Waals surface area contributed by atoms with E-state index >= 15 is 0 Å². The van der Waals surface area contributed by atoms with Gasteiger partial charge in [-0.15, -0.1) is 11.3 Å². The summed E-state index contributed by atoms with van der Waals surface area (Å²) in [7, 11) is 0. The molecule has 0 saturated carbocycles. The Kier molecular flexibility index (Phi) is 5.14. The van der Waals surface area contributed by atoms with Crippen molar-refractivity contribution in [1.82, 2.24) is 0 Å². The van der Waals surface area contributed by atoms with E-state index in [1.54, 1.807) is 24.3 Å². The van der Waals surface area contributed by atoms with Crippen molar-refractivity contribution in [2.75, 3.05) is 6.61 Å². The summed E-state index contributed by atoms with van der Waals surface area (Å²) in [5.41, 5.74) is 0.173. The van der Waals surface area contributed by atoms with E-state index in [0.29, 0.717) is 10.8 Å². The van der Waals surface area contributed by atoms with Gasteiger partial charge in [-0.2, -0.15) is 0 Å². The van der Waals surface area contributed by atoms with Crippen LogP contribution in [0, 0.1) is 0 Å². The Balaban J connectivity index is 1.76. The van der Waals surface area contributed by atoms with Crippen molar-refractivity contribution < 1.29 is 19.1 Å². The number of benzene rings is 2. The van der Waals surface area contributed by atoms with Crippen molar-refractivity contribution in [2.24, 2.45) is 0 Å². The highest BCUT2D eigenvalue weighted by molar-refractivity contribution is 7.24. The summed E-state index contributed by atoms with van der Waals surface area (Å²) in [5.74, 6) is -0.808. The lowest BCUT2D eigenvalue weighted by Gasteiger charge is -2.07. The Morgan fingerprint density at radius 1 is 1.08 bits per heavy atom. The second kappa shape index (κ2) is 7.49. The SMILES string of the molecule is C=C(C)C(=O)OCCC(=O)Oc1ccc2sc3ccccc3c(=O)c2c1. The van der Waals surface area contributed by atoms with Gasteiger partial charge in [-0.1, -0.05) is 18.7 Å². The first kappa shape index (κ1) is 17.8. The average molecular weight is 368 g/mol. The maximum absolute atomic E-state index is 12.6. The molecular formula is C20H16O5S. The molecule has 0 fully saturated rings. The van der Waals surface area contributed by atoms with E-state index in [4.69, 9.17) is 9.47 Å². The monoisotopic (exact) mass is 368 g/mol. The Morgan fingerprint density at radius 3 is 2.58 bits per heavy atom. The van der Waals surface area contributed by atoms with Crippen LogP contribution in [-0.2, 0) is 14.3 Å². The van der Waals surface area contributed by atoms with E-state index in [2.05, 4.69) is 6.58 Å². The van der Waals surface area contributed by atoms with Gasteiger partial charge in [0.2, 0.25) is 0 Å². The molecule has 0 amide bonds. The summed E-state index contributed by atoms with van der Waals surface area (Å²) < 4.78 is 11.8. The van der Waals surface area contributed by atoms with Crippen LogP contribution in [-0.4, -0.2) is 18.5 Å². The molecule has 2 aromatic carbocycles. The zero-order valence-electron chi connectivity index (χ0n) is 14.1. The van der Waals surface area contributed by atoms with E-state index in [9.17, 15) is 14.4 Å². The number of esters is 2. The molecule has 0 atom stereocenters. The molecule has 0 spiro atoms. The van der Waals surface area contributed by atoms with Crippen molar-refractivity contribution in [3.63, 3.8) is 0 Å². The molecule has 3 aromatic rings.